The molecule has 6 heteroatoms. The highest BCUT2D eigenvalue weighted by Gasteiger charge is 2.13. The number of anilines is 2. The number of para-hydroxylation sites is 1. The molecule has 0 spiro atoms. The molecule has 1 aromatic carbocycles. The Morgan fingerprint density at radius 3 is 2.94 bits per heavy atom. The summed E-state index contributed by atoms with van der Waals surface area (Å²) in [6.45, 7) is 0. The van der Waals surface area contributed by atoms with Gasteiger partial charge in [0.25, 0.3) is 5.91 Å². The van der Waals surface area contributed by atoms with Gasteiger partial charge < -0.3 is 11.1 Å². The van der Waals surface area contributed by atoms with Crippen LogP contribution in [-0.2, 0) is 7.05 Å². The molecule has 2 rings (SSSR count). The molecule has 3 N–H and O–H groups in total. The van der Waals surface area contributed by atoms with Crippen molar-refractivity contribution in [2.45, 2.75) is 0 Å². The molecule has 0 unspecified atom stereocenters. The van der Waals surface area contributed by atoms with Crippen molar-refractivity contribution in [3.63, 3.8) is 0 Å². The first-order valence-electron chi connectivity index (χ1n) is 4.92. The topological polar surface area (TPSA) is 72.9 Å². The van der Waals surface area contributed by atoms with Gasteiger partial charge in [0, 0.05) is 13.2 Å². The minimum absolute atomic E-state index is 0.105. The molecule has 0 radical (unpaired) electrons. The number of rotatable bonds is 2. The monoisotopic (exact) mass is 234 g/mol. The predicted octanol–water partition coefficient (Wildman–Crippen LogP) is 1.39. The van der Waals surface area contributed by atoms with Crippen LogP contribution in [0.15, 0.2) is 30.6 Å². The van der Waals surface area contributed by atoms with Gasteiger partial charge in [0.15, 0.2) is 0 Å². The van der Waals surface area contributed by atoms with E-state index in [1.165, 1.54) is 24.4 Å². The fourth-order valence-corrected chi connectivity index (χ4v) is 1.42. The molecule has 0 aliphatic heterocycles. The van der Waals surface area contributed by atoms with Gasteiger partial charge in [0.05, 0.1) is 23.1 Å². The van der Waals surface area contributed by atoms with Crippen LogP contribution < -0.4 is 11.1 Å². The van der Waals surface area contributed by atoms with Gasteiger partial charge in [-0.05, 0) is 12.1 Å². The molecule has 0 aliphatic rings. The summed E-state index contributed by atoms with van der Waals surface area (Å²) < 4.78 is 14.7. The summed E-state index contributed by atoms with van der Waals surface area (Å²) in [5.41, 5.74) is 5.96. The summed E-state index contributed by atoms with van der Waals surface area (Å²) in [5.74, 6) is -1.07. The first-order valence-corrected chi connectivity index (χ1v) is 4.92. The van der Waals surface area contributed by atoms with Crippen molar-refractivity contribution in [2.24, 2.45) is 7.05 Å². The summed E-state index contributed by atoms with van der Waals surface area (Å²) in [4.78, 5) is 11.8. The number of nitrogens with one attached hydrogen (secondary N) is 1. The number of aryl methyl sites for hydroxylation is 1. The number of carbonyl (C=O) groups excluding carboxylic acids is 1. The number of aromatic nitrogens is 2. The zero-order valence-corrected chi connectivity index (χ0v) is 9.14. The molecule has 0 aliphatic carbocycles. The predicted molar refractivity (Wildman–Crippen MR) is 62.0 cm³/mol. The van der Waals surface area contributed by atoms with Crippen molar-refractivity contribution in [2.75, 3.05) is 11.1 Å². The Bertz CT molecular complexity index is 564. The van der Waals surface area contributed by atoms with Crippen LogP contribution in [0.25, 0.3) is 0 Å². The first kappa shape index (κ1) is 11.1. The lowest BCUT2D eigenvalue weighted by Crippen LogP contribution is -2.14. The molecular formula is C11H11FN4O. The standard InChI is InChI=1S/C11H11FN4O/c1-16-6-7(5-14-16)15-11(17)8-3-2-4-9(12)10(8)13/h2-6H,13H2,1H3,(H,15,17). The van der Waals surface area contributed by atoms with Crippen molar-refractivity contribution >= 4 is 17.3 Å². The lowest BCUT2D eigenvalue weighted by atomic mass is 10.1. The normalized spacial score (nSPS) is 10.2. The third kappa shape index (κ3) is 2.25. The van der Waals surface area contributed by atoms with Crippen molar-refractivity contribution in [1.29, 1.82) is 0 Å². The van der Waals surface area contributed by atoms with Gasteiger partial charge in [-0.2, -0.15) is 5.10 Å². The number of nitrogen functional groups attached to an aromatic ring is 1. The van der Waals surface area contributed by atoms with Gasteiger partial charge in [0.2, 0.25) is 0 Å². The lowest BCUT2D eigenvalue weighted by molar-refractivity contribution is 0.102. The third-order valence-electron chi connectivity index (χ3n) is 2.26. The highest BCUT2D eigenvalue weighted by molar-refractivity contribution is 6.07. The number of hydrogen-bond acceptors (Lipinski definition) is 3. The fraction of sp³-hybridized carbons (Fsp3) is 0.0909. The third-order valence-corrected chi connectivity index (χ3v) is 2.26. The van der Waals surface area contributed by atoms with Crippen LogP contribution in [0.4, 0.5) is 15.8 Å². The molecule has 1 amide bonds. The van der Waals surface area contributed by atoms with Gasteiger partial charge in [-0.1, -0.05) is 6.07 Å². The number of halogens is 1. The van der Waals surface area contributed by atoms with E-state index in [4.69, 9.17) is 5.73 Å². The molecule has 1 aromatic heterocycles. The fourth-order valence-electron chi connectivity index (χ4n) is 1.42. The van der Waals surface area contributed by atoms with Crippen LogP contribution in [0.2, 0.25) is 0 Å². The van der Waals surface area contributed by atoms with Crippen molar-refractivity contribution in [1.82, 2.24) is 9.78 Å². The largest absolute Gasteiger partial charge is 0.396 e. The average molecular weight is 234 g/mol. The van der Waals surface area contributed by atoms with E-state index in [-0.39, 0.29) is 11.3 Å². The van der Waals surface area contributed by atoms with Crippen molar-refractivity contribution in [3.05, 3.63) is 42.0 Å². The van der Waals surface area contributed by atoms with Crippen LogP contribution in [-0.4, -0.2) is 15.7 Å². The second kappa shape index (κ2) is 4.25. The average Bonchev–Trinajstić information content (AvgIpc) is 2.68. The van der Waals surface area contributed by atoms with E-state index >= 15 is 0 Å². The molecule has 0 saturated carbocycles. The minimum atomic E-state index is -0.608. The zero-order chi connectivity index (χ0) is 12.4. The maximum Gasteiger partial charge on any atom is 0.257 e. The number of nitrogens with zero attached hydrogens (tertiary/aromatic N) is 2. The SMILES string of the molecule is Cn1cc(NC(=O)c2cccc(F)c2N)cn1. The molecule has 0 bridgehead atoms. The van der Waals surface area contributed by atoms with Crippen LogP contribution >= 0.6 is 0 Å². The van der Waals surface area contributed by atoms with Gasteiger partial charge in [-0.25, -0.2) is 4.39 Å². The molecule has 2 aromatic rings. The molecule has 0 fully saturated rings. The summed E-state index contributed by atoms with van der Waals surface area (Å²) in [5, 5.41) is 6.48. The van der Waals surface area contributed by atoms with E-state index in [1.54, 1.807) is 17.9 Å². The van der Waals surface area contributed by atoms with Gasteiger partial charge in [-0.15, -0.1) is 0 Å². The highest BCUT2D eigenvalue weighted by Crippen LogP contribution is 2.17. The maximum atomic E-state index is 13.2. The first-order chi connectivity index (χ1) is 8.08. The molecule has 88 valence electrons. The molecular weight excluding hydrogens is 223 g/mol. The van der Waals surface area contributed by atoms with E-state index in [1.807, 2.05) is 0 Å². The smallest absolute Gasteiger partial charge is 0.257 e. The second-order valence-corrected chi connectivity index (χ2v) is 3.56. The maximum absolute atomic E-state index is 13.2. The molecule has 5 nitrogen and oxygen atoms in total. The minimum Gasteiger partial charge on any atom is -0.396 e. The molecule has 17 heavy (non-hydrogen) atoms. The molecule has 1 heterocycles. The number of hydrogen-bond donors (Lipinski definition) is 2. The van der Waals surface area contributed by atoms with E-state index in [9.17, 15) is 9.18 Å². The van der Waals surface area contributed by atoms with Crippen LogP contribution in [0.1, 0.15) is 10.4 Å². The number of amides is 1. The Hall–Kier alpha value is -2.37. The Morgan fingerprint density at radius 2 is 2.29 bits per heavy atom. The summed E-state index contributed by atoms with van der Waals surface area (Å²) in [7, 11) is 1.73. The van der Waals surface area contributed by atoms with Crippen molar-refractivity contribution < 1.29 is 9.18 Å². The second-order valence-electron chi connectivity index (χ2n) is 3.56. The van der Waals surface area contributed by atoms with E-state index in [0.29, 0.717) is 5.69 Å². The number of carbonyl (C=O) groups is 1. The number of nitrogens with two attached hydrogens (primary N) is 1. The Balaban J connectivity index is 2.23. The lowest BCUT2D eigenvalue weighted by Gasteiger charge is -2.05. The van der Waals surface area contributed by atoms with Crippen LogP contribution in [0, 0.1) is 5.82 Å². The van der Waals surface area contributed by atoms with Gasteiger partial charge >= 0.3 is 0 Å². The summed E-state index contributed by atoms with van der Waals surface area (Å²) in [6, 6.07) is 4.10. The van der Waals surface area contributed by atoms with E-state index in [0.717, 1.165) is 0 Å². The van der Waals surface area contributed by atoms with Crippen LogP contribution in [0.3, 0.4) is 0 Å². The quantitative estimate of drug-likeness (QED) is 0.771. The summed E-state index contributed by atoms with van der Waals surface area (Å²) >= 11 is 0. The number of benzene rings is 1. The Kier molecular flexibility index (Phi) is 2.78. The van der Waals surface area contributed by atoms with Crippen molar-refractivity contribution in [3.8, 4) is 0 Å². The molecule has 0 atom stereocenters. The molecule has 0 saturated heterocycles. The van der Waals surface area contributed by atoms with Crippen LogP contribution in [0.5, 0.6) is 0 Å². The zero-order valence-electron chi connectivity index (χ0n) is 9.14. The Morgan fingerprint density at radius 1 is 1.53 bits per heavy atom. The van der Waals surface area contributed by atoms with E-state index in [2.05, 4.69) is 10.4 Å². The van der Waals surface area contributed by atoms with E-state index < -0.39 is 11.7 Å². The van der Waals surface area contributed by atoms with Gasteiger partial charge in [-0.3, -0.25) is 9.48 Å². The summed E-state index contributed by atoms with van der Waals surface area (Å²) in [6.07, 6.45) is 3.13. The highest BCUT2D eigenvalue weighted by atomic mass is 19.1. The van der Waals surface area contributed by atoms with Gasteiger partial charge in [0.1, 0.15) is 5.82 Å². The Labute approximate surface area is 97.0 Å².